The molecule has 0 saturated heterocycles. The summed E-state index contributed by atoms with van der Waals surface area (Å²) in [5.74, 6) is -0.478. The second-order valence-corrected chi connectivity index (χ2v) is 10.8. The summed E-state index contributed by atoms with van der Waals surface area (Å²) in [6, 6.07) is 16.8. The molecule has 4 aromatic rings. The summed E-state index contributed by atoms with van der Waals surface area (Å²) in [6.45, 7) is 2.31. The minimum Gasteiger partial charge on any atom is -0.316 e. The van der Waals surface area contributed by atoms with E-state index in [1.54, 1.807) is 49.5 Å². The summed E-state index contributed by atoms with van der Waals surface area (Å²) in [7, 11) is -6.13. The molecule has 0 fully saturated rings. The van der Waals surface area contributed by atoms with Crippen LogP contribution in [0.15, 0.2) is 95.1 Å². The molecule has 35 heavy (non-hydrogen) atoms. The summed E-state index contributed by atoms with van der Waals surface area (Å²) in [6.07, 6.45) is 4.28. The third kappa shape index (κ3) is 6.40. The van der Waals surface area contributed by atoms with Crippen molar-refractivity contribution in [2.24, 2.45) is 0 Å². The maximum absolute atomic E-state index is 14.2. The van der Waals surface area contributed by atoms with E-state index in [9.17, 15) is 21.2 Å². The van der Waals surface area contributed by atoms with E-state index < -0.39 is 26.0 Å². The Morgan fingerprint density at radius 3 is 2.23 bits per heavy atom. The highest BCUT2D eigenvalue weighted by Crippen LogP contribution is 2.28. The largest absolute Gasteiger partial charge is 0.316 e. The number of nitrogens with one attached hydrogen (secondary N) is 1. The molecule has 0 unspecified atom stereocenters. The second kappa shape index (κ2) is 10.9. The Labute approximate surface area is 203 Å². The summed E-state index contributed by atoms with van der Waals surface area (Å²) in [4.78, 5) is 3.84. The van der Waals surface area contributed by atoms with E-state index in [0.29, 0.717) is 6.54 Å². The topological polar surface area (TPSA) is 118 Å². The van der Waals surface area contributed by atoms with Crippen molar-refractivity contribution in [3.8, 4) is 11.3 Å². The van der Waals surface area contributed by atoms with Gasteiger partial charge < -0.3 is 5.32 Å². The fraction of sp³-hybridized carbons (Fsp3) is 0.125. The van der Waals surface area contributed by atoms with Crippen molar-refractivity contribution < 1.29 is 25.8 Å². The number of rotatable bonds is 6. The molecule has 2 N–H and O–H groups in total. The van der Waals surface area contributed by atoms with Gasteiger partial charge in [0.15, 0.2) is 0 Å². The van der Waals surface area contributed by atoms with Crippen molar-refractivity contribution >= 4 is 20.1 Å². The SMILES string of the molecule is CNCc1cc(-c2ccccc2F)n(S(=O)(=O)c2cccnc2)c1.Cc1ccc(S(=O)(=O)O)cc1. The minimum atomic E-state index is -4.02. The molecule has 0 amide bonds. The van der Waals surface area contributed by atoms with Crippen LogP contribution in [0.4, 0.5) is 4.39 Å². The zero-order chi connectivity index (χ0) is 25.6. The molecule has 0 radical (unpaired) electrons. The molecule has 0 atom stereocenters. The average Bonchev–Trinajstić information content (AvgIpc) is 3.25. The smallest absolute Gasteiger partial charge is 0.294 e. The van der Waals surface area contributed by atoms with Crippen LogP contribution in [0.5, 0.6) is 0 Å². The van der Waals surface area contributed by atoms with Crippen LogP contribution in [-0.2, 0) is 26.7 Å². The Balaban J connectivity index is 0.000000261. The standard InChI is InChI=1S/C17H16FN3O2S.C7H8O3S/c1-19-10-13-9-17(15-6-2-3-7-16(15)18)21(12-13)24(22,23)14-5-4-8-20-11-14;1-6-2-4-7(5-3-6)11(8,9)10/h2-9,11-12,19H,10H2,1H3;2-5H,1H3,(H,8,9,10). The number of aryl methyl sites for hydroxylation is 1. The summed E-state index contributed by atoms with van der Waals surface area (Å²) < 4.78 is 70.7. The fourth-order valence-corrected chi connectivity index (χ4v) is 5.02. The summed E-state index contributed by atoms with van der Waals surface area (Å²) >= 11 is 0. The lowest BCUT2D eigenvalue weighted by Gasteiger charge is -2.10. The lowest BCUT2D eigenvalue weighted by Crippen LogP contribution is -2.14. The molecule has 2 aromatic carbocycles. The van der Waals surface area contributed by atoms with Crippen LogP contribution >= 0.6 is 0 Å². The molecule has 0 saturated carbocycles. The molecule has 0 aliphatic heterocycles. The number of halogens is 1. The molecule has 2 heterocycles. The minimum absolute atomic E-state index is 0.0502. The highest BCUT2D eigenvalue weighted by Gasteiger charge is 2.23. The van der Waals surface area contributed by atoms with Gasteiger partial charge in [-0.3, -0.25) is 9.54 Å². The van der Waals surface area contributed by atoms with Crippen molar-refractivity contribution in [1.82, 2.24) is 14.3 Å². The van der Waals surface area contributed by atoms with Gasteiger partial charge >= 0.3 is 0 Å². The molecule has 4 rings (SSSR count). The molecular weight excluding hydrogens is 493 g/mol. The highest BCUT2D eigenvalue weighted by molar-refractivity contribution is 7.90. The van der Waals surface area contributed by atoms with Gasteiger partial charge in [-0.25, -0.2) is 16.8 Å². The van der Waals surface area contributed by atoms with Gasteiger partial charge in [0.25, 0.3) is 20.1 Å². The van der Waals surface area contributed by atoms with Gasteiger partial charge in [-0.1, -0.05) is 29.8 Å². The first kappa shape index (κ1) is 26.2. The van der Waals surface area contributed by atoms with Crippen LogP contribution < -0.4 is 5.32 Å². The van der Waals surface area contributed by atoms with E-state index in [-0.39, 0.29) is 21.0 Å². The Kier molecular flexibility index (Phi) is 8.18. The first-order valence-corrected chi connectivity index (χ1v) is 13.2. The molecular formula is C24H24FN3O5S2. The van der Waals surface area contributed by atoms with Crippen molar-refractivity contribution in [1.29, 1.82) is 0 Å². The Morgan fingerprint density at radius 1 is 0.971 bits per heavy atom. The monoisotopic (exact) mass is 517 g/mol. The Morgan fingerprint density at radius 2 is 1.66 bits per heavy atom. The maximum atomic E-state index is 14.2. The summed E-state index contributed by atoms with van der Waals surface area (Å²) in [5.41, 5.74) is 2.20. The van der Waals surface area contributed by atoms with Crippen LogP contribution in [-0.4, -0.2) is 37.4 Å². The van der Waals surface area contributed by atoms with E-state index in [1.165, 1.54) is 42.9 Å². The van der Waals surface area contributed by atoms with Crippen molar-refractivity contribution in [2.75, 3.05) is 7.05 Å². The third-order valence-corrected chi connectivity index (χ3v) is 7.41. The van der Waals surface area contributed by atoms with Crippen LogP contribution in [0.3, 0.4) is 0 Å². The summed E-state index contributed by atoms with van der Waals surface area (Å²) in [5, 5.41) is 2.97. The highest BCUT2D eigenvalue weighted by atomic mass is 32.2. The second-order valence-electron chi connectivity index (χ2n) is 7.52. The molecule has 0 spiro atoms. The van der Waals surface area contributed by atoms with Gasteiger partial charge in [-0.2, -0.15) is 8.42 Å². The molecule has 2 aromatic heterocycles. The number of benzene rings is 2. The van der Waals surface area contributed by atoms with E-state index >= 15 is 0 Å². The quantitative estimate of drug-likeness (QED) is 0.373. The van der Waals surface area contributed by atoms with Gasteiger partial charge in [-0.15, -0.1) is 0 Å². The van der Waals surface area contributed by atoms with E-state index in [0.717, 1.165) is 15.1 Å². The molecule has 11 heteroatoms. The molecule has 184 valence electrons. The fourth-order valence-electron chi connectivity index (χ4n) is 3.19. The van der Waals surface area contributed by atoms with Gasteiger partial charge in [0.2, 0.25) is 0 Å². The molecule has 0 bridgehead atoms. The lowest BCUT2D eigenvalue weighted by molar-refractivity contribution is 0.483. The zero-order valence-electron chi connectivity index (χ0n) is 19.0. The van der Waals surface area contributed by atoms with Crippen molar-refractivity contribution in [2.45, 2.75) is 23.3 Å². The average molecular weight is 518 g/mol. The normalized spacial score (nSPS) is 11.5. The molecule has 0 aliphatic carbocycles. The van der Waals surface area contributed by atoms with E-state index in [4.69, 9.17) is 4.55 Å². The van der Waals surface area contributed by atoms with Crippen LogP contribution in [0.25, 0.3) is 11.3 Å². The number of hydrogen-bond acceptors (Lipinski definition) is 6. The van der Waals surface area contributed by atoms with E-state index in [2.05, 4.69) is 10.3 Å². The van der Waals surface area contributed by atoms with Crippen LogP contribution in [0, 0.1) is 12.7 Å². The Hall–Kier alpha value is -3.38. The predicted molar refractivity (Wildman–Crippen MR) is 130 cm³/mol. The molecule has 8 nitrogen and oxygen atoms in total. The first-order valence-electron chi connectivity index (χ1n) is 10.3. The van der Waals surface area contributed by atoms with Gasteiger partial charge in [0.05, 0.1) is 10.6 Å². The number of nitrogens with zero attached hydrogens (tertiary/aromatic N) is 2. The van der Waals surface area contributed by atoms with Crippen LogP contribution in [0.1, 0.15) is 11.1 Å². The zero-order valence-corrected chi connectivity index (χ0v) is 20.6. The van der Waals surface area contributed by atoms with Gasteiger partial charge in [-0.05, 0) is 62.0 Å². The molecule has 0 aliphatic rings. The van der Waals surface area contributed by atoms with Crippen molar-refractivity contribution in [3.05, 3.63) is 102 Å². The number of pyridine rings is 1. The van der Waals surface area contributed by atoms with Crippen LogP contribution in [0.2, 0.25) is 0 Å². The Bertz CT molecular complexity index is 1500. The number of hydrogen-bond donors (Lipinski definition) is 2. The van der Waals surface area contributed by atoms with Crippen molar-refractivity contribution in [3.63, 3.8) is 0 Å². The first-order chi connectivity index (χ1) is 16.5. The lowest BCUT2D eigenvalue weighted by atomic mass is 10.1. The van der Waals surface area contributed by atoms with Gasteiger partial charge in [0, 0.05) is 30.7 Å². The maximum Gasteiger partial charge on any atom is 0.294 e. The van der Waals surface area contributed by atoms with Gasteiger partial charge in [0.1, 0.15) is 10.7 Å². The van der Waals surface area contributed by atoms with E-state index in [1.807, 2.05) is 6.92 Å². The predicted octanol–water partition coefficient (Wildman–Crippen LogP) is 3.89. The number of aromatic nitrogens is 2. The third-order valence-electron chi connectivity index (χ3n) is 4.88.